The molecule has 1 heterocycles. The lowest BCUT2D eigenvalue weighted by atomic mass is 10.1. The fourth-order valence-corrected chi connectivity index (χ4v) is 3.85. The van der Waals surface area contributed by atoms with E-state index < -0.39 is 22.4 Å². The molecular formula is C20H19F3N4O3S. The summed E-state index contributed by atoms with van der Waals surface area (Å²) < 4.78 is 66.2. The molecule has 0 saturated carbocycles. The van der Waals surface area contributed by atoms with Gasteiger partial charge in [0.25, 0.3) is 10.0 Å². The summed E-state index contributed by atoms with van der Waals surface area (Å²) in [6, 6.07) is 10.6. The number of hydrogen-bond acceptors (Lipinski definition) is 4. The molecule has 0 unspecified atom stereocenters. The van der Waals surface area contributed by atoms with Crippen LogP contribution in [0, 0.1) is 5.82 Å². The van der Waals surface area contributed by atoms with Gasteiger partial charge in [0.05, 0.1) is 11.3 Å². The first kappa shape index (κ1) is 22.3. The van der Waals surface area contributed by atoms with E-state index in [1.165, 1.54) is 24.5 Å². The third-order valence-electron chi connectivity index (χ3n) is 4.32. The van der Waals surface area contributed by atoms with Crippen molar-refractivity contribution in [2.75, 3.05) is 11.3 Å². The number of amides is 1. The molecule has 3 rings (SSSR count). The second-order valence-electron chi connectivity index (χ2n) is 6.56. The quantitative estimate of drug-likeness (QED) is 0.522. The molecule has 1 aromatic heterocycles. The number of alkyl halides is 2. The molecule has 31 heavy (non-hydrogen) atoms. The Morgan fingerprint density at radius 3 is 2.39 bits per heavy atom. The predicted octanol–water partition coefficient (Wildman–Crippen LogP) is 3.12. The molecule has 3 aromatic rings. The monoisotopic (exact) mass is 452 g/mol. The highest BCUT2D eigenvalue weighted by Gasteiger charge is 2.15. The Bertz CT molecular complexity index is 1130. The van der Waals surface area contributed by atoms with Gasteiger partial charge in [0, 0.05) is 31.0 Å². The molecule has 7 nitrogen and oxygen atoms in total. The van der Waals surface area contributed by atoms with Gasteiger partial charge in [-0.05, 0) is 42.0 Å². The number of nitrogens with zero attached hydrogens (tertiary/aromatic N) is 2. The van der Waals surface area contributed by atoms with E-state index in [9.17, 15) is 26.4 Å². The molecule has 1 amide bonds. The zero-order valence-corrected chi connectivity index (χ0v) is 16.9. The van der Waals surface area contributed by atoms with Crippen molar-refractivity contribution in [2.45, 2.75) is 24.3 Å². The first-order chi connectivity index (χ1) is 14.7. The first-order valence-electron chi connectivity index (χ1n) is 9.18. The number of anilines is 1. The lowest BCUT2D eigenvalue weighted by Gasteiger charge is -2.10. The molecular weight excluding hydrogens is 433 g/mol. The van der Waals surface area contributed by atoms with Crippen LogP contribution in [0.4, 0.5) is 18.9 Å². The molecule has 2 aromatic carbocycles. The molecule has 2 N–H and O–H groups in total. The molecule has 0 radical (unpaired) electrons. The van der Waals surface area contributed by atoms with Crippen molar-refractivity contribution in [2.24, 2.45) is 0 Å². The maximum absolute atomic E-state index is 13.0. The van der Waals surface area contributed by atoms with Crippen LogP contribution in [0.15, 0.2) is 65.8 Å². The van der Waals surface area contributed by atoms with Crippen LogP contribution in [0.3, 0.4) is 0 Å². The smallest absolute Gasteiger partial charge is 0.319 e. The molecule has 0 aliphatic carbocycles. The molecule has 0 bridgehead atoms. The predicted molar refractivity (Wildman–Crippen MR) is 108 cm³/mol. The summed E-state index contributed by atoms with van der Waals surface area (Å²) in [4.78, 5) is 15.8. The lowest BCUT2D eigenvalue weighted by molar-refractivity contribution is -0.120. The van der Waals surface area contributed by atoms with Gasteiger partial charge >= 0.3 is 6.55 Å². The van der Waals surface area contributed by atoms with Crippen LogP contribution in [0.1, 0.15) is 17.9 Å². The molecule has 0 fully saturated rings. The van der Waals surface area contributed by atoms with E-state index in [2.05, 4.69) is 15.0 Å². The van der Waals surface area contributed by atoms with Crippen LogP contribution >= 0.6 is 0 Å². The summed E-state index contributed by atoms with van der Waals surface area (Å²) >= 11 is 0. The zero-order valence-electron chi connectivity index (χ0n) is 16.1. The highest BCUT2D eigenvalue weighted by molar-refractivity contribution is 7.92. The normalized spacial score (nSPS) is 11.5. The van der Waals surface area contributed by atoms with E-state index in [0.29, 0.717) is 5.56 Å². The van der Waals surface area contributed by atoms with Gasteiger partial charge in [0.1, 0.15) is 11.6 Å². The number of carbonyl (C=O) groups excluding carboxylic acids is 1. The van der Waals surface area contributed by atoms with Gasteiger partial charge in [-0.25, -0.2) is 17.8 Å². The molecule has 0 aliphatic heterocycles. The van der Waals surface area contributed by atoms with Gasteiger partial charge in [-0.3, -0.25) is 14.1 Å². The van der Waals surface area contributed by atoms with E-state index in [1.54, 1.807) is 12.1 Å². The SMILES string of the molecule is O=C(Cc1ccc(NS(=O)(=O)c2ccc(F)cc2)cc1)NCCc1nccn1C(F)F. The second kappa shape index (κ2) is 9.65. The Kier molecular flexibility index (Phi) is 6.95. The van der Waals surface area contributed by atoms with E-state index in [0.717, 1.165) is 28.8 Å². The molecule has 0 atom stereocenters. The number of aromatic nitrogens is 2. The van der Waals surface area contributed by atoms with Crippen molar-refractivity contribution in [1.29, 1.82) is 0 Å². The van der Waals surface area contributed by atoms with Crippen LogP contribution in [-0.2, 0) is 27.7 Å². The maximum atomic E-state index is 13.0. The van der Waals surface area contributed by atoms with Crippen molar-refractivity contribution < 1.29 is 26.4 Å². The Balaban J connectivity index is 1.51. The summed E-state index contributed by atoms with van der Waals surface area (Å²) in [5.41, 5.74) is 0.920. The number of halogens is 3. The average Bonchev–Trinajstić information content (AvgIpc) is 3.18. The summed E-state index contributed by atoms with van der Waals surface area (Å²) in [5, 5.41) is 2.64. The summed E-state index contributed by atoms with van der Waals surface area (Å²) in [7, 11) is -3.87. The van der Waals surface area contributed by atoms with Crippen LogP contribution in [0.5, 0.6) is 0 Å². The van der Waals surface area contributed by atoms with Crippen LogP contribution < -0.4 is 10.0 Å². The van der Waals surface area contributed by atoms with Crippen molar-refractivity contribution >= 4 is 21.6 Å². The number of rotatable bonds is 9. The van der Waals surface area contributed by atoms with Gasteiger partial charge in [0.2, 0.25) is 5.91 Å². The number of carbonyl (C=O) groups is 1. The molecule has 0 spiro atoms. The summed E-state index contributed by atoms with van der Waals surface area (Å²) in [6.07, 6.45) is 2.64. The number of nitrogens with one attached hydrogen (secondary N) is 2. The topological polar surface area (TPSA) is 93.1 Å². The van der Waals surface area contributed by atoms with Gasteiger partial charge in [-0.2, -0.15) is 8.78 Å². The highest BCUT2D eigenvalue weighted by Crippen LogP contribution is 2.17. The second-order valence-corrected chi connectivity index (χ2v) is 8.24. The van der Waals surface area contributed by atoms with Gasteiger partial charge < -0.3 is 5.32 Å². The zero-order chi connectivity index (χ0) is 22.4. The highest BCUT2D eigenvalue weighted by atomic mass is 32.2. The Labute approximate surface area is 177 Å². The van der Waals surface area contributed by atoms with Crippen molar-refractivity contribution in [3.8, 4) is 0 Å². The van der Waals surface area contributed by atoms with Crippen molar-refractivity contribution in [3.05, 3.63) is 78.1 Å². The van der Waals surface area contributed by atoms with E-state index in [-0.39, 0.29) is 41.7 Å². The van der Waals surface area contributed by atoms with Crippen LogP contribution in [0.25, 0.3) is 0 Å². The molecule has 11 heteroatoms. The number of sulfonamides is 1. The fourth-order valence-electron chi connectivity index (χ4n) is 2.80. The summed E-state index contributed by atoms with van der Waals surface area (Å²) in [6.45, 7) is -2.54. The van der Waals surface area contributed by atoms with Gasteiger partial charge in [0.15, 0.2) is 0 Å². The molecule has 164 valence electrons. The molecule has 0 saturated heterocycles. The largest absolute Gasteiger partial charge is 0.355 e. The number of imidazole rings is 1. The van der Waals surface area contributed by atoms with Crippen molar-refractivity contribution in [3.63, 3.8) is 0 Å². The molecule has 0 aliphatic rings. The number of benzene rings is 2. The minimum absolute atomic E-state index is 0.0360. The third kappa shape index (κ3) is 6.07. The van der Waals surface area contributed by atoms with Crippen LogP contribution in [0.2, 0.25) is 0 Å². The minimum Gasteiger partial charge on any atom is -0.355 e. The third-order valence-corrected chi connectivity index (χ3v) is 5.72. The lowest BCUT2D eigenvalue weighted by Crippen LogP contribution is -2.28. The van der Waals surface area contributed by atoms with Gasteiger partial charge in [-0.15, -0.1) is 0 Å². The van der Waals surface area contributed by atoms with Crippen molar-refractivity contribution in [1.82, 2.24) is 14.9 Å². The van der Waals surface area contributed by atoms with E-state index >= 15 is 0 Å². The van der Waals surface area contributed by atoms with E-state index in [1.807, 2.05) is 0 Å². The minimum atomic E-state index is -3.87. The fraction of sp³-hybridized carbons (Fsp3) is 0.200. The average molecular weight is 452 g/mol. The van der Waals surface area contributed by atoms with E-state index in [4.69, 9.17) is 0 Å². The maximum Gasteiger partial charge on any atom is 0.319 e. The first-order valence-corrected chi connectivity index (χ1v) is 10.7. The Morgan fingerprint density at radius 1 is 1.06 bits per heavy atom. The Morgan fingerprint density at radius 2 is 1.74 bits per heavy atom. The van der Waals surface area contributed by atoms with Crippen LogP contribution in [-0.4, -0.2) is 30.4 Å². The Hall–Kier alpha value is -3.34. The number of hydrogen-bond donors (Lipinski definition) is 2. The van der Waals surface area contributed by atoms with Gasteiger partial charge in [-0.1, -0.05) is 12.1 Å². The summed E-state index contributed by atoms with van der Waals surface area (Å²) in [5.74, 6) is -0.677. The standard InChI is InChI=1S/C20H19F3N4O3S/c21-15-3-7-17(8-4-15)31(29,30)26-16-5-1-14(2-6-16)13-19(28)25-10-9-18-24-11-12-27(18)20(22)23/h1-8,11-12,20,26H,9-10,13H2,(H,25,28).